The maximum Gasteiger partial charge on any atom is 0.326 e. The van der Waals surface area contributed by atoms with Crippen molar-refractivity contribution in [1.82, 2.24) is 15.2 Å². The van der Waals surface area contributed by atoms with Crippen molar-refractivity contribution in [1.29, 1.82) is 0 Å². The van der Waals surface area contributed by atoms with Crippen LogP contribution in [0.15, 0.2) is 18.3 Å². The molecule has 8 nitrogen and oxygen atoms in total. The van der Waals surface area contributed by atoms with Gasteiger partial charge in [-0.3, -0.25) is 19.5 Å². The molecule has 92 valence electrons. The molecule has 18 heavy (non-hydrogen) atoms. The van der Waals surface area contributed by atoms with Crippen LogP contribution in [0.5, 0.6) is 0 Å². The van der Waals surface area contributed by atoms with E-state index in [0.29, 0.717) is 0 Å². The summed E-state index contributed by atoms with van der Waals surface area (Å²) in [5, 5.41) is 23.8. The molecule has 0 aliphatic carbocycles. The average Bonchev–Trinajstić information content (AvgIpc) is 2.71. The first-order valence-corrected chi connectivity index (χ1v) is 4.81. The Morgan fingerprint density at radius 3 is 2.50 bits per heavy atom. The molecule has 0 bridgehead atoms. The minimum atomic E-state index is -2.17. The lowest BCUT2D eigenvalue weighted by Gasteiger charge is -2.03. The summed E-state index contributed by atoms with van der Waals surface area (Å²) >= 11 is 0. The van der Waals surface area contributed by atoms with Gasteiger partial charge in [0.25, 0.3) is 0 Å². The molecule has 2 heterocycles. The molecule has 2 aromatic rings. The lowest BCUT2D eigenvalue weighted by Crippen LogP contribution is -2.31. The fourth-order valence-electron chi connectivity index (χ4n) is 1.51. The molecule has 0 radical (unpaired) electrons. The molecule has 0 aliphatic rings. The van der Waals surface area contributed by atoms with E-state index in [-0.39, 0.29) is 16.7 Å². The normalized spacial score (nSPS) is 10.7. The number of hydrogen-bond donors (Lipinski definition) is 3. The van der Waals surface area contributed by atoms with Gasteiger partial charge in [-0.2, -0.15) is 5.10 Å². The molecule has 3 N–H and O–H groups in total. The van der Waals surface area contributed by atoms with E-state index in [1.54, 1.807) is 0 Å². The third-order valence-corrected chi connectivity index (χ3v) is 2.33. The van der Waals surface area contributed by atoms with Crippen LogP contribution in [0.4, 0.5) is 0 Å². The van der Waals surface area contributed by atoms with Gasteiger partial charge in [-0.25, -0.2) is 4.98 Å². The lowest BCUT2D eigenvalue weighted by molar-refractivity contribution is -0.151. The summed E-state index contributed by atoms with van der Waals surface area (Å²) in [5.74, 6) is -6.72. The van der Waals surface area contributed by atoms with E-state index in [4.69, 9.17) is 10.2 Å². The van der Waals surface area contributed by atoms with E-state index >= 15 is 0 Å². The Bertz CT molecular complexity index is 634. The number of aromatic amines is 1. The number of aromatic nitrogens is 3. The Labute approximate surface area is 99.3 Å². The van der Waals surface area contributed by atoms with Crippen molar-refractivity contribution < 1.29 is 24.6 Å². The van der Waals surface area contributed by atoms with Crippen LogP contribution in [0, 0.1) is 5.92 Å². The second-order valence-electron chi connectivity index (χ2n) is 3.45. The third kappa shape index (κ3) is 1.79. The van der Waals surface area contributed by atoms with Crippen molar-refractivity contribution in [3.63, 3.8) is 0 Å². The van der Waals surface area contributed by atoms with Crippen molar-refractivity contribution in [3.8, 4) is 0 Å². The first kappa shape index (κ1) is 11.7. The number of hydrogen-bond acceptors (Lipinski definition) is 5. The zero-order chi connectivity index (χ0) is 13.3. The summed E-state index contributed by atoms with van der Waals surface area (Å²) in [7, 11) is 0. The highest BCUT2D eigenvalue weighted by Crippen LogP contribution is 2.17. The van der Waals surface area contributed by atoms with Crippen LogP contribution in [-0.4, -0.2) is 43.1 Å². The van der Waals surface area contributed by atoms with Gasteiger partial charge in [-0.15, -0.1) is 0 Å². The number of nitrogens with zero attached hydrogens (tertiary/aromatic N) is 2. The van der Waals surface area contributed by atoms with Crippen LogP contribution >= 0.6 is 0 Å². The van der Waals surface area contributed by atoms with E-state index in [2.05, 4.69) is 15.2 Å². The number of nitrogens with one attached hydrogen (secondary N) is 1. The summed E-state index contributed by atoms with van der Waals surface area (Å²) in [4.78, 5) is 37.2. The molecule has 0 amide bonds. The number of carbonyl (C=O) groups is 3. The van der Waals surface area contributed by atoms with E-state index in [9.17, 15) is 14.4 Å². The number of H-pyrrole nitrogens is 1. The monoisotopic (exact) mass is 249 g/mol. The van der Waals surface area contributed by atoms with Crippen LogP contribution in [0.25, 0.3) is 11.0 Å². The van der Waals surface area contributed by atoms with Gasteiger partial charge in [-0.05, 0) is 12.1 Å². The number of pyridine rings is 1. The number of aliphatic carboxylic acids is 2. The fraction of sp³-hybridized carbons (Fsp3) is 0.100. The Balaban J connectivity index is 2.51. The molecule has 0 saturated heterocycles. The van der Waals surface area contributed by atoms with Crippen molar-refractivity contribution in [2.75, 3.05) is 0 Å². The topological polar surface area (TPSA) is 133 Å². The average molecular weight is 249 g/mol. The van der Waals surface area contributed by atoms with Crippen LogP contribution in [0.2, 0.25) is 0 Å². The molecule has 2 aromatic heterocycles. The van der Waals surface area contributed by atoms with E-state index in [1.807, 2.05) is 0 Å². The standard InChI is InChI=1S/C10H7N3O5/c14-7(5(9(15)16)10(17)18)6-4-2-1-3-11-8(4)13-12-6/h1-3,5H,(H,15,16)(H,17,18)(H,11,12,13). The van der Waals surface area contributed by atoms with Gasteiger partial charge in [0.1, 0.15) is 5.69 Å². The molecule has 0 spiro atoms. The number of rotatable bonds is 4. The molecule has 0 fully saturated rings. The second kappa shape index (κ2) is 4.24. The Hall–Kier alpha value is -2.77. The summed E-state index contributed by atoms with van der Waals surface area (Å²) in [6, 6.07) is 3.03. The first-order valence-electron chi connectivity index (χ1n) is 4.81. The van der Waals surface area contributed by atoms with Crippen molar-refractivity contribution in [2.45, 2.75) is 0 Å². The lowest BCUT2D eigenvalue weighted by atomic mass is 10.0. The van der Waals surface area contributed by atoms with E-state index < -0.39 is 23.6 Å². The summed E-state index contributed by atoms with van der Waals surface area (Å²) in [5.41, 5.74) is 0.0447. The fourth-order valence-corrected chi connectivity index (χ4v) is 1.51. The molecule has 0 aromatic carbocycles. The molecule has 0 aliphatic heterocycles. The van der Waals surface area contributed by atoms with Gasteiger partial charge in [-0.1, -0.05) is 0 Å². The first-order chi connectivity index (χ1) is 8.52. The Morgan fingerprint density at radius 2 is 1.89 bits per heavy atom. The van der Waals surface area contributed by atoms with Gasteiger partial charge >= 0.3 is 11.9 Å². The summed E-state index contributed by atoms with van der Waals surface area (Å²) < 4.78 is 0. The minimum absolute atomic E-state index is 0.243. The molecule has 2 rings (SSSR count). The minimum Gasteiger partial charge on any atom is -0.480 e. The van der Waals surface area contributed by atoms with Gasteiger partial charge in [0.05, 0.1) is 0 Å². The zero-order valence-corrected chi connectivity index (χ0v) is 8.82. The number of ketones is 1. The largest absolute Gasteiger partial charge is 0.480 e. The smallest absolute Gasteiger partial charge is 0.326 e. The maximum absolute atomic E-state index is 11.8. The highest BCUT2D eigenvalue weighted by atomic mass is 16.4. The van der Waals surface area contributed by atoms with Crippen molar-refractivity contribution in [3.05, 3.63) is 24.0 Å². The Morgan fingerprint density at radius 1 is 1.22 bits per heavy atom. The number of Topliss-reactive ketones (excluding diaryl/α,β-unsaturated/α-hetero) is 1. The van der Waals surface area contributed by atoms with Crippen LogP contribution in [-0.2, 0) is 9.59 Å². The van der Waals surface area contributed by atoms with Crippen molar-refractivity contribution >= 4 is 28.8 Å². The van der Waals surface area contributed by atoms with Gasteiger partial charge in [0.2, 0.25) is 11.7 Å². The van der Waals surface area contributed by atoms with Crippen LogP contribution in [0.1, 0.15) is 10.5 Å². The highest BCUT2D eigenvalue weighted by Gasteiger charge is 2.36. The number of carbonyl (C=O) groups excluding carboxylic acids is 1. The van der Waals surface area contributed by atoms with Crippen LogP contribution < -0.4 is 0 Å². The predicted octanol–water partition coefficient (Wildman–Crippen LogP) is -0.0740. The molecule has 0 unspecified atom stereocenters. The van der Waals surface area contributed by atoms with Crippen molar-refractivity contribution in [2.24, 2.45) is 5.92 Å². The maximum atomic E-state index is 11.8. The third-order valence-electron chi connectivity index (χ3n) is 2.33. The number of fused-ring (bicyclic) bond motifs is 1. The van der Waals surface area contributed by atoms with Gasteiger partial charge in [0.15, 0.2) is 5.65 Å². The summed E-state index contributed by atoms with van der Waals surface area (Å²) in [6.07, 6.45) is 1.46. The molecule has 0 saturated carbocycles. The molecule has 8 heteroatoms. The number of carboxylic acid groups (broad SMARTS) is 2. The Kier molecular flexibility index (Phi) is 2.76. The van der Waals surface area contributed by atoms with E-state index in [1.165, 1.54) is 18.3 Å². The highest BCUT2D eigenvalue weighted by molar-refractivity contribution is 6.22. The predicted molar refractivity (Wildman–Crippen MR) is 57.0 cm³/mol. The number of carboxylic acids is 2. The van der Waals surface area contributed by atoms with Gasteiger partial charge in [0, 0.05) is 11.6 Å². The quantitative estimate of drug-likeness (QED) is 0.509. The van der Waals surface area contributed by atoms with Gasteiger partial charge < -0.3 is 10.2 Å². The molecular weight excluding hydrogens is 242 g/mol. The molecular formula is C10H7N3O5. The molecule has 0 atom stereocenters. The second-order valence-corrected chi connectivity index (χ2v) is 3.45. The zero-order valence-electron chi connectivity index (χ0n) is 8.82. The SMILES string of the molecule is O=C(O)C(C(=O)O)C(=O)c1n[nH]c2ncccc12. The summed E-state index contributed by atoms with van der Waals surface area (Å²) in [6.45, 7) is 0. The van der Waals surface area contributed by atoms with E-state index in [0.717, 1.165) is 0 Å². The van der Waals surface area contributed by atoms with Crippen LogP contribution in [0.3, 0.4) is 0 Å².